The van der Waals surface area contributed by atoms with E-state index in [9.17, 15) is 9.59 Å². The molecule has 0 aliphatic carbocycles. The molecule has 0 radical (unpaired) electrons. The highest BCUT2D eigenvalue weighted by Gasteiger charge is 2.29. The zero-order valence-corrected chi connectivity index (χ0v) is 18.4. The van der Waals surface area contributed by atoms with E-state index in [4.69, 9.17) is 9.72 Å². The van der Waals surface area contributed by atoms with Crippen LogP contribution in [0.15, 0.2) is 4.79 Å². The van der Waals surface area contributed by atoms with Crippen LogP contribution in [0.25, 0.3) is 10.2 Å². The molecule has 1 N–H and O–H groups in total. The topological polar surface area (TPSA) is 76.5 Å². The molecule has 0 atom stereocenters. The van der Waals surface area contributed by atoms with Crippen LogP contribution in [0, 0.1) is 6.92 Å². The van der Waals surface area contributed by atoms with Gasteiger partial charge in [-0.15, -0.1) is 11.3 Å². The number of hydrogen-bond donors (Lipinski definition) is 1. The second-order valence-corrected chi connectivity index (χ2v) is 9.63. The van der Waals surface area contributed by atoms with Gasteiger partial charge in [0, 0.05) is 38.1 Å². The fourth-order valence-electron chi connectivity index (χ4n) is 4.28. The standard InChI is InChI=1S/C21H30N4O3S/c1-14-16-19(23-15-7-5-4-6-8-25(15)20(16)27)29-17(14)18(26)22-13-21(2,3)24-9-11-28-12-10-24/h4-13H2,1-3H3,(H,22,26). The van der Waals surface area contributed by atoms with Gasteiger partial charge in [0.15, 0.2) is 0 Å². The van der Waals surface area contributed by atoms with Crippen LogP contribution in [0.1, 0.15) is 54.2 Å². The van der Waals surface area contributed by atoms with Gasteiger partial charge in [-0.2, -0.15) is 0 Å². The highest BCUT2D eigenvalue weighted by atomic mass is 32.1. The lowest BCUT2D eigenvalue weighted by Crippen LogP contribution is -2.55. The number of carbonyl (C=O) groups excluding carboxylic acids is 1. The summed E-state index contributed by atoms with van der Waals surface area (Å²) in [5.41, 5.74) is 0.608. The maximum atomic E-state index is 13.1. The molecule has 2 aliphatic heterocycles. The second-order valence-electron chi connectivity index (χ2n) is 8.63. The molecule has 8 heteroatoms. The molecule has 1 saturated heterocycles. The number of nitrogens with one attached hydrogen (secondary N) is 1. The van der Waals surface area contributed by atoms with Gasteiger partial charge in [-0.25, -0.2) is 4.98 Å². The molecule has 4 heterocycles. The second kappa shape index (κ2) is 8.16. The minimum absolute atomic E-state index is 0.00773. The van der Waals surface area contributed by atoms with Crippen molar-refractivity contribution in [2.45, 2.75) is 58.5 Å². The van der Waals surface area contributed by atoms with Crippen LogP contribution in [0.3, 0.4) is 0 Å². The van der Waals surface area contributed by atoms with E-state index in [0.29, 0.717) is 21.6 Å². The Balaban J connectivity index is 1.57. The number of thiophene rings is 1. The number of aryl methyl sites for hydroxylation is 2. The van der Waals surface area contributed by atoms with Gasteiger partial charge in [-0.3, -0.25) is 19.1 Å². The minimum Gasteiger partial charge on any atom is -0.379 e. The van der Waals surface area contributed by atoms with E-state index in [-0.39, 0.29) is 17.0 Å². The molecular formula is C21H30N4O3S. The van der Waals surface area contributed by atoms with E-state index in [1.165, 1.54) is 11.3 Å². The molecule has 2 aliphatic rings. The van der Waals surface area contributed by atoms with Crippen molar-refractivity contribution in [1.82, 2.24) is 19.8 Å². The molecule has 4 rings (SSSR count). The summed E-state index contributed by atoms with van der Waals surface area (Å²) in [4.78, 5) is 34.5. The number of fused-ring (bicyclic) bond motifs is 2. The molecule has 0 bridgehead atoms. The van der Waals surface area contributed by atoms with Crippen molar-refractivity contribution in [2.75, 3.05) is 32.8 Å². The Hall–Kier alpha value is -1.77. The maximum absolute atomic E-state index is 13.1. The van der Waals surface area contributed by atoms with E-state index >= 15 is 0 Å². The molecule has 2 aromatic rings. The van der Waals surface area contributed by atoms with Gasteiger partial charge in [0.1, 0.15) is 10.7 Å². The predicted octanol–water partition coefficient (Wildman–Crippen LogP) is 2.33. The first-order chi connectivity index (χ1) is 13.9. The lowest BCUT2D eigenvalue weighted by atomic mass is 10.0. The lowest BCUT2D eigenvalue weighted by Gasteiger charge is -2.40. The summed E-state index contributed by atoms with van der Waals surface area (Å²) >= 11 is 1.34. The third-order valence-electron chi connectivity index (χ3n) is 6.17. The highest BCUT2D eigenvalue weighted by molar-refractivity contribution is 7.20. The van der Waals surface area contributed by atoms with Crippen molar-refractivity contribution in [3.63, 3.8) is 0 Å². The molecule has 0 spiro atoms. The minimum atomic E-state index is -0.154. The molecule has 0 aromatic carbocycles. The molecular weight excluding hydrogens is 388 g/mol. The molecule has 158 valence electrons. The van der Waals surface area contributed by atoms with Crippen LogP contribution in [0.5, 0.6) is 0 Å². The fourth-order valence-corrected chi connectivity index (χ4v) is 5.39. The Kier molecular flexibility index (Phi) is 5.77. The number of nitrogens with zero attached hydrogens (tertiary/aromatic N) is 3. The fraction of sp³-hybridized carbons (Fsp3) is 0.667. The summed E-state index contributed by atoms with van der Waals surface area (Å²) in [5.74, 6) is 0.744. The zero-order valence-electron chi connectivity index (χ0n) is 17.5. The average Bonchev–Trinajstić information content (AvgIpc) is 2.89. The quantitative estimate of drug-likeness (QED) is 0.825. The maximum Gasteiger partial charge on any atom is 0.262 e. The molecule has 0 unspecified atom stereocenters. The van der Waals surface area contributed by atoms with Gasteiger partial charge in [0.2, 0.25) is 0 Å². The van der Waals surface area contributed by atoms with Gasteiger partial charge < -0.3 is 10.1 Å². The summed E-state index contributed by atoms with van der Waals surface area (Å²) in [5, 5.41) is 3.70. The van der Waals surface area contributed by atoms with Crippen LogP contribution in [0.4, 0.5) is 0 Å². The Morgan fingerprint density at radius 3 is 2.72 bits per heavy atom. The first-order valence-electron chi connectivity index (χ1n) is 10.5. The Bertz CT molecular complexity index is 972. The summed E-state index contributed by atoms with van der Waals surface area (Å²) in [6.45, 7) is 10.6. The highest BCUT2D eigenvalue weighted by Crippen LogP contribution is 2.28. The Labute approximate surface area is 175 Å². The van der Waals surface area contributed by atoms with E-state index in [1.54, 1.807) is 0 Å². The summed E-state index contributed by atoms with van der Waals surface area (Å²) in [6, 6.07) is 0. The summed E-state index contributed by atoms with van der Waals surface area (Å²) in [7, 11) is 0. The van der Waals surface area contributed by atoms with Gasteiger partial charge in [-0.1, -0.05) is 6.42 Å². The molecule has 1 fully saturated rings. The van der Waals surface area contributed by atoms with E-state index in [2.05, 4.69) is 24.1 Å². The van der Waals surface area contributed by atoms with Crippen LogP contribution < -0.4 is 10.9 Å². The van der Waals surface area contributed by atoms with E-state index in [1.807, 2.05) is 11.5 Å². The summed E-state index contributed by atoms with van der Waals surface area (Å²) < 4.78 is 7.25. The third kappa shape index (κ3) is 3.98. The Morgan fingerprint density at radius 2 is 1.97 bits per heavy atom. The molecule has 0 saturated carbocycles. The first kappa shape index (κ1) is 20.5. The smallest absolute Gasteiger partial charge is 0.262 e. The lowest BCUT2D eigenvalue weighted by molar-refractivity contribution is -0.00922. The average molecular weight is 419 g/mol. The SMILES string of the molecule is Cc1c(C(=O)NCC(C)(C)N2CCOCC2)sc2nc3n(c(=O)c12)CCCCC3. The van der Waals surface area contributed by atoms with Crippen molar-refractivity contribution in [2.24, 2.45) is 0 Å². The Morgan fingerprint density at radius 1 is 1.21 bits per heavy atom. The van der Waals surface area contributed by atoms with Crippen molar-refractivity contribution in [3.8, 4) is 0 Å². The number of aromatic nitrogens is 2. The van der Waals surface area contributed by atoms with Crippen LogP contribution in [-0.2, 0) is 17.7 Å². The number of carbonyl (C=O) groups is 1. The van der Waals surface area contributed by atoms with Gasteiger partial charge in [0.05, 0.1) is 23.5 Å². The van der Waals surface area contributed by atoms with Crippen LogP contribution >= 0.6 is 11.3 Å². The number of hydrogen-bond acceptors (Lipinski definition) is 6. The van der Waals surface area contributed by atoms with E-state index < -0.39 is 0 Å². The molecule has 2 aromatic heterocycles. The van der Waals surface area contributed by atoms with Crippen LogP contribution in [0.2, 0.25) is 0 Å². The third-order valence-corrected chi connectivity index (χ3v) is 7.35. The zero-order chi connectivity index (χ0) is 20.6. The number of morpholine rings is 1. The number of ether oxygens (including phenoxy) is 1. The molecule has 1 amide bonds. The van der Waals surface area contributed by atoms with Gasteiger partial charge >= 0.3 is 0 Å². The first-order valence-corrected chi connectivity index (χ1v) is 11.3. The number of amides is 1. The monoisotopic (exact) mass is 418 g/mol. The van der Waals surface area contributed by atoms with Crippen molar-refractivity contribution >= 4 is 27.5 Å². The molecule has 29 heavy (non-hydrogen) atoms. The van der Waals surface area contributed by atoms with Crippen molar-refractivity contribution < 1.29 is 9.53 Å². The van der Waals surface area contributed by atoms with Crippen LogP contribution in [-0.4, -0.2) is 58.7 Å². The van der Waals surface area contributed by atoms with Crippen molar-refractivity contribution in [1.29, 1.82) is 0 Å². The molecule has 7 nitrogen and oxygen atoms in total. The number of rotatable bonds is 4. The van der Waals surface area contributed by atoms with Crippen molar-refractivity contribution in [3.05, 3.63) is 26.6 Å². The van der Waals surface area contributed by atoms with Gasteiger partial charge in [0.25, 0.3) is 11.5 Å². The normalized spacial score (nSPS) is 18.4. The largest absolute Gasteiger partial charge is 0.379 e. The van der Waals surface area contributed by atoms with Gasteiger partial charge in [-0.05, 0) is 39.2 Å². The predicted molar refractivity (Wildman–Crippen MR) is 115 cm³/mol. The van der Waals surface area contributed by atoms with E-state index in [0.717, 1.165) is 69.9 Å². The summed E-state index contributed by atoms with van der Waals surface area (Å²) in [6.07, 6.45) is 4.03.